The maximum Gasteiger partial charge on any atom is 0.147 e. The molecule has 5 heteroatoms. The Bertz CT molecular complexity index is 334. The van der Waals surface area contributed by atoms with Crippen LogP contribution in [0.25, 0.3) is 0 Å². The minimum absolute atomic E-state index is 0.385. The van der Waals surface area contributed by atoms with E-state index < -0.39 is 6.10 Å². The predicted molar refractivity (Wildman–Crippen MR) is 51.5 cm³/mol. The summed E-state index contributed by atoms with van der Waals surface area (Å²) in [6, 6.07) is 1.97. The van der Waals surface area contributed by atoms with Crippen molar-refractivity contribution in [3.05, 3.63) is 18.1 Å². The number of nitrogens with one attached hydrogen (secondary N) is 1. The van der Waals surface area contributed by atoms with E-state index in [1.165, 1.54) is 12.5 Å². The van der Waals surface area contributed by atoms with E-state index in [1.807, 2.05) is 13.0 Å². The van der Waals surface area contributed by atoms with Crippen LogP contribution in [0.4, 0.5) is 5.82 Å². The molecular weight excluding hydrogens is 180 g/mol. The Balaban J connectivity index is 2.63. The summed E-state index contributed by atoms with van der Waals surface area (Å²) in [6.45, 7) is 2.28. The highest BCUT2D eigenvalue weighted by molar-refractivity contribution is 5.49. The number of nitrogens with zero attached hydrogens (tertiary/aromatic N) is 3. The number of hydrogen-bond donors (Lipinski definition) is 2. The number of aliphatic hydroxyl groups is 1. The molecule has 1 heterocycles. The fourth-order valence-corrected chi connectivity index (χ4v) is 0.911. The zero-order chi connectivity index (χ0) is 10.4. The van der Waals surface area contributed by atoms with Gasteiger partial charge >= 0.3 is 0 Å². The second kappa shape index (κ2) is 5.14. The molecule has 5 nitrogen and oxygen atoms in total. The first-order chi connectivity index (χ1) is 6.77. The first-order valence-electron chi connectivity index (χ1n) is 4.40. The minimum atomic E-state index is -0.420. The van der Waals surface area contributed by atoms with Crippen LogP contribution < -0.4 is 5.32 Å². The molecule has 0 amide bonds. The molecule has 0 bridgehead atoms. The van der Waals surface area contributed by atoms with Crippen LogP contribution in [0.5, 0.6) is 0 Å². The topological polar surface area (TPSA) is 81.8 Å². The molecule has 0 aromatic carbocycles. The smallest absolute Gasteiger partial charge is 0.147 e. The highest BCUT2D eigenvalue weighted by Gasteiger charge is 2.04. The normalized spacial score (nSPS) is 11.8. The summed E-state index contributed by atoms with van der Waals surface area (Å²) >= 11 is 0. The van der Waals surface area contributed by atoms with Gasteiger partial charge in [0.2, 0.25) is 0 Å². The highest BCUT2D eigenvalue weighted by atomic mass is 16.3. The van der Waals surface area contributed by atoms with Gasteiger partial charge in [-0.25, -0.2) is 9.97 Å². The highest BCUT2D eigenvalue weighted by Crippen LogP contribution is 2.07. The number of aromatic nitrogens is 2. The summed E-state index contributed by atoms with van der Waals surface area (Å²) in [5, 5.41) is 20.9. The van der Waals surface area contributed by atoms with Crippen LogP contribution in [-0.2, 0) is 0 Å². The van der Waals surface area contributed by atoms with Gasteiger partial charge in [0.15, 0.2) is 0 Å². The Hall–Kier alpha value is -1.67. The molecular formula is C9H12N4O. The Kier molecular flexibility index (Phi) is 3.83. The summed E-state index contributed by atoms with van der Waals surface area (Å²) in [5.74, 6) is 0.468. The molecule has 14 heavy (non-hydrogen) atoms. The molecule has 0 saturated heterocycles. The Morgan fingerprint density at radius 3 is 3.14 bits per heavy atom. The molecule has 0 saturated carbocycles. The second-order valence-corrected chi connectivity index (χ2v) is 2.84. The Morgan fingerprint density at radius 1 is 1.71 bits per heavy atom. The largest absolute Gasteiger partial charge is 0.391 e. The van der Waals surface area contributed by atoms with Gasteiger partial charge in [-0.15, -0.1) is 0 Å². The lowest BCUT2D eigenvalue weighted by Gasteiger charge is -2.09. The molecule has 1 aromatic heterocycles. The third-order valence-corrected chi connectivity index (χ3v) is 1.81. The van der Waals surface area contributed by atoms with Gasteiger partial charge in [0.1, 0.15) is 23.8 Å². The van der Waals surface area contributed by atoms with E-state index in [1.54, 1.807) is 0 Å². The van der Waals surface area contributed by atoms with Crippen molar-refractivity contribution in [3.63, 3.8) is 0 Å². The van der Waals surface area contributed by atoms with E-state index in [-0.39, 0.29) is 0 Å². The van der Waals surface area contributed by atoms with E-state index >= 15 is 0 Å². The molecule has 74 valence electrons. The van der Waals surface area contributed by atoms with Gasteiger partial charge in [0.05, 0.1) is 12.3 Å². The quantitative estimate of drug-likeness (QED) is 0.727. The van der Waals surface area contributed by atoms with Crippen LogP contribution in [0.1, 0.15) is 18.9 Å². The van der Waals surface area contributed by atoms with Crippen molar-refractivity contribution in [2.45, 2.75) is 19.4 Å². The van der Waals surface area contributed by atoms with Crippen LogP contribution in [-0.4, -0.2) is 27.7 Å². The molecule has 0 fully saturated rings. The fourth-order valence-electron chi connectivity index (χ4n) is 0.911. The van der Waals surface area contributed by atoms with Crippen LogP contribution in [0.3, 0.4) is 0 Å². The number of aliphatic hydroxyl groups excluding tert-OH is 1. The maximum absolute atomic E-state index is 9.29. The van der Waals surface area contributed by atoms with Crippen molar-refractivity contribution in [1.82, 2.24) is 9.97 Å². The van der Waals surface area contributed by atoms with Crippen molar-refractivity contribution in [2.24, 2.45) is 0 Å². The first-order valence-corrected chi connectivity index (χ1v) is 4.40. The molecule has 1 atom stereocenters. The summed E-state index contributed by atoms with van der Waals surface area (Å²) in [4.78, 5) is 7.63. The van der Waals surface area contributed by atoms with E-state index in [4.69, 9.17) is 5.26 Å². The van der Waals surface area contributed by atoms with Crippen LogP contribution in [0.2, 0.25) is 0 Å². The predicted octanol–water partition coefficient (Wildman–Crippen LogP) is 0.531. The molecule has 1 unspecified atom stereocenters. The first kappa shape index (κ1) is 10.4. The number of nitriles is 1. The van der Waals surface area contributed by atoms with Gasteiger partial charge in [-0.3, -0.25) is 0 Å². The summed E-state index contributed by atoms with van der Waals surface area (Å²) in [7, 11) is 0. The number of anilines is 1. The van der Waals surface area contributed by atoms with Crippen molar-refractivity contribution in [1.29, 1.82) is 5.26 Å². The molecule has 1 rings (SSSR count). The third kappa shape index (κ3) is 2.68. The van der Waals surface area contributed by atoms with Crippen molar-refractivity contribution in [2.75, 3.05) is 11.9 Å². The fraction of sp³-hybridized carbons (Fsp3) is 0.444. The minimum Gasteiger partial charge on any atom is -0.391 e. The summed E-state index contributed by atoms with van der Waals surface area (Å²) in [5.41, 5.74) is 0.385. The van der Waals surface area contributed by atoms with E-state index in [9.17, 15) is 5.11 Å². The summed E-state index contributed by atoms with van der Waals surface area (Å²) < 4.78 is 0. The molecule has 2 N–H and O–H groups in total. The summed E-state index contributed by atoms with van der Waals surface area (Å²) in [6.07, 6.45) is 3.05. The SMILES string of the molecule is CCC(O)CNc1ncncc1C#N. The average Bonchev–Trinajstić information content (AvgIpc) is 2.26. The van der Waals surface area contributed by atoms with Crippen LogP contribution in [0, 0.1) is 11.3 Å². The number of hydrogen-bond acceptors (Lipinski definition) is 5. The van der Waals surface area contributed by atoms with Gasteiger partial charge in [-0.05, 0) is 6.42 Å². The van der Waals surface area contributed by atoms with E-state index in [0.717, 1.165) is 0 Å². The monoisotopic (exact) mass is 192 g/mol. The van der Waals surface area contributed by atoms with E-state index in [0.29, 0.717) is 24.3 Å². The lowest BCUT2D eigenvalue weighted by Crippen LogP contribution is -2.19. The van der Waals surface area contributed by atoms with E-state index in [2.05, 4.69) is 15.3 Å². The average molecular weight is 192 g/mol. The molecule has 0 aliphatic heterocycles. The van der Waals surface area contributed by atoms with Gasteiger partial charge < -0.3 is 10.4 Å². The Morgan fingerprint density at radius 2 is 2.50 bits per heavy atom. The maximum atomic E-state index is 9.29. The zero-order valence-electron chi connectivity index (χ0n) is 7.94. The van der Waals surface area contributed by atoms with Crippen LogP contribution in [0.15, 0.2) is 12.5 Å². The second-order valence-electron chi connectivity index (χ2n) is 2.84. The van der Waals surface area contributed by atoms with Gasteiger partial charge in [0, 0.05) is 6.54 Å². The molecule has 1 aromatic rings. The zero-order valence-corrected chi connectivity index (χ0v) is 7.94. The third-order valence-electron chi connectivity index (χ3n) is 1.81. The van der Waals surface area contributed by atoms with Gasteiger partial charge in [0.25, 0.3) is 0 Å². The van der Waals surface area contributed by atoms with Crippen molar-refractivity contribution < 1.29 is 5.11 Å². The van der Waals surface area contributed by atoms with Crippen molar-refractivity contribution in [3.8, 4) is 6.07 Å². The van der Waals surface area contributed by atoms with Crippen molar-refractivity contribution >= 4 is 5.82 Å². The molecule has 0 aliphatic carbocycles. The standard InChI is InChI=1S/C9H12N4O/c1-2-8(14)5-12-9-7(3-10)4-11-6-13-9/h4,6,8,14H,2,5H2,1H3,(H,11,12,13). The van der Waals surface area contributed by atoms with Crippen LogP contribution >= 0.6 is 0 Å². The molecule has 0 radical (unpaired) electrons. The lowest BCUT2D eigenvalue weighted by molar-refractivity contribution is 0.183. The van der Waals surface area contributed by atoms with Gasteiger partial charge in [-0.1, -0.05) is 6.92 Å². The number of rotatable bonds is 4. The Labute approximate surface area is 82.4 Å². The van der Waals surface area contributed by atoms with Gasteiger partial charge in [-0.2, -0.15) is 5.26 Å². The molecule has 0 spiro atoms. The lowest BCUT2D eigenvalue weighted by atomic mass is 10.2. The molecule has 0 aliphatic rings.